The third-order valence-electron chi connectivity index (χ3n) is 9.19. The fourth-order valence-corrected chi connectivity index (χ4v) is 8.17. The topological polar surface area (TPSA) is 114 Å². The van der Waals surface area contributed by atoms with Gasteiger partial charge in [-0.3, -0.25) is 9.10 Å². The number of fused-ring (bicyclic) bond motifs is 6. The van der Waals surface area contributed by atoms with Crippen molar-refractivity contribution in [2.24, 2.45) is 0 Å². The van der Waals surface area contributed by atoms with Gasteiger partial charge in [-0.15, -0.1) is 0 Å². The molecule has 0 unspecified atom stereocenters. The van der Waals surface area contributed by atoms with Gasteiger partial charge in [-0.1, -0.05) is 23.5 Å². The molecule has 240 valence electrons. The Balaban J connectivity index is 1.34. The molecule has 2 aromatic carbocycles. The number of nitrogens with one attached hydrogen (secondary N) is 1. The lowest BCUT2D eigenvalue weighted by molar-refractivity contribution is 0.0964. The van der Waals surface area contributed by atoms with Crippen LogP contribution in [-0.2, 0) is 23.0 Å². The minimum absolute atomic E-state index is 0.296. The number of aromatic nitrogens is 3. The van der Waals surface area contributed by atoms with Crippen molar-refractivity contribution in [3.05, 3.63) is 71.7 Å². The number of benzene rings is 2. The molecule has 1 fully saturated rings. The molecular weight excluding hydrogens is 640 g/mol. The summed E-state index contributed by atoms with van der Waals surface area (Å²) in [6.07, 6.45) is 5.79. The third kappa shape index (κ3) is 4.78. The lowest BCUT2D eigenvalue weighted by Crippen LogP contribution is -2.25. The maximum atomic E-state index is 14.8. The third-order valence-corrected chi connectivity index (χ3v) is 11.4. The zero-order chi connectivity index (χ0) is 32.6. The van der Waals surface area contributed by atoms with Gasteiger partial charge in [-0.2, -0.15) is 0 Å². The van der Waals surface area contributed by atoms with Gasteiger partial charge in [0, 0.05) is 56.1 Å². The molecule has 10 nitrogen and oxygen atoms in total. The summed E-state index contributed by atoms with van der Waals surface area (Å²) in [6.45, 7) is 2.56. The first-order valence-corrected chi connectivity index (χ1v) is 18.0. The number of nitrogens with zero attached hydrogens (tertiary/aromatic N) is 5. The van der Waals surface area contributed by atoms with Crippen LogP contribution >= 0.6 is 11.3 Å². The molecule has 47 heavy (non-hydrogen) atoms. The largest absolute Gasteiger partial charge is 0.454 e. The zero-order valence-electron chi connectivity index (χ0n) is 26.0. The van der Waals surface area contributed by atoms with Gasteiger partial charge in [0.15, 0.2) is 10.9 Å². The van der Waals surface area contributed by atoms with Gasteiger partial charge in [-0.25, -0.2) is 22.8 Å². The van der Waals surface area contributed by atoms with Gasteiger partial charge in [0.1, 0.15) is 11.4 Å². The van der Waals surface area contributed by atoms with Crippen LogP contribution in [0.1, 0.15) is 28.8 Å². The average Bonchev–Trinajstić information content (AvgIpc) is 3.88. The maximum Gasteiger partial charge on any atom is 0.255 e. The summed E-state index contributed by atoms with van der Waals surface area (Å²) in [5.74, 6) is -0.261. The lowest BCUT2D eigenvalue weighted by Gasteiger charge is -2.23. The fourth-order valence-electron chi connectivity index (χ4n) is 6.70. The number of amides is 1. The van der Waals surface area contributed by atoms with Crippen LogP contribution < -0.4 is 14.5 Å². The molecular formula is C34H31FN6O4S2. The molecule has 2 aliphatic heterocycles. The number of halogens is 1. The fraction of sp³-hybridized carbons (Fsp3) is 0.265. The maximum absolute atomic E-state index is 14.8. The van der Waals surface area contributed by atoms with Crippen molar-refractivity contribution in [3.8, 4) is 33.3 Å². The van der Waals surface area contributed by atoms with E-state index in [2.05, 4.69) is 19.8 Å². The first kappa shape index (κ1) is 29.6. The molecule has 6 heterocycles. The van der Waals surface area contributed by atoms with Crippen LogP contribution in [0.3, 0.4) is 0 Å². The number of carbonyl (C=O) groups excluding carboxylic acids is 1. The number of carbonyl (C=O) groups is 1. The van der Waals surface area contributed by atoms with Gasteiger partial charge >= 0.3 is 0 Å². The molecule has 4 aromatic heterocycles. The molecule has 6 aromatic rings. The normalized spacial score (nSPS) is 14.5. The zero-order valence-corrected chi connectivity index (χ0v) is 27.6. The van der Waals surface area contributed by atoms with Crippen LogP contribution in [0.15, 0.2) is 59.1 Å². The predicted molar refractivity (Wildman–Crippen MR) is 183 cm³/mol. The molecule has 2 aliphatic rings. The molecule has 8 rings (SSSR count). The van der Waals surface area contributed by atoms with Crippen LogP contribution in [0.4, 0.5) is 15.2 Å². The van der Waals surface area contributed by atoms with E-state index in [1.807, 2.05) is 24.3 Å². The number of hydrogen-bond donors (Lipinski definition) is 1. The number of anilines is 2. The Hall–Kier alpha value is -4.75. The van der Waals surface area contributed by atoms with Crippen molar-refractivity contribution in [1.29, 1.82) is 0 Å². The van der Waals surface area contributed by atoms with Crippen LogP contribution in [0.2, 0.25) is 0 Å². The van der Waals surface area contributed by atoms with Crippen molar-refractivity contribution in [3.63, 3.8) is 0 Å². The first-order chi connectivity index (χ1) is 22.6. The number of pyridine rings is 1. The summed E-state index contributed by atoms with van der Waals surface area (Å²) in [7, 11) is -0.658. The molecule has 0 saturated carbocycles. The number of furan rings is 1. The minimum Gasteiger partial charge on any atom is -0.454 e. The standard InChI is InChI=1S/C34H31FN6O4S2/c1-36-33(42)30-22-15-21(24-10-9-19-11-14-41-25-8-6-7-23(35)20(25)16-27(41)31(19)38-24)26(39(2)47(3,43)44)17-28(22)45-32(30)29-18-37-34(46-29)40-12-4-5-13-40/h6-10,15-18H,4-5,11-14H2,1-3H3,(H,36,42). The van der Waals surface area contributed by atoms with Gasteiger partial charge in [-0.05, 0) is 55.2 Å². The Kier molecular flexibility index (Phi) is 6.88. The summed E-state index contributed by atoms with van der Waals surface area (Å²) >= 11 is 1.46. The summed E-state index contributed by atoms with van der Waals surface area (Å²) in [5.41, 5.74) is 5.37. The van der Waals surface area contributed by atoms with E-state index in [1.54, 1.807) is 31.4 Å². The van der Waals surface area contributed by atoms with Crippen LogP contribution in [-0.4, -0.2) is 62.3 Å². The molecule has 0 atom stereocenters. The molecule has 0 spiro atoms. The summed E-state index contributed by atoms with van der Waals surface area (Å²) in [6, 6.07) is 14.2. The van der Waals surface area contributed by atoms with E-state index < -0.39 is 10.0 Å². The highest BCUT2D eigenvalue weighted by molar-refractivity contribution is 7.92. The first-order valence-electron chi connectivity index (χ1n) is 15.4. The number of aryl methyl sites for hydroxylation is 2. The second-order valence-corrected chi connectivity index (χ2v) is 15.0. The van der Waals surface area contributed by atoms with Crippen molar-refractivity contribution in [2.75, 3.05) is 42.6 Å². The van der Waals surface area contributed by atoms with Crippen LogP contribution in [0.5, 0.6) is 0 Å². The van der Waals surface area contributed by atoms with Crippen LogP contribution in [0.25, 0.3) is 55.2 Å². The Morgan fingerprint density at radius 3 is 2.66 bits per heavy atom. The minimum atomic E-state index is -3.70. The SMILES string of the molecule is CNC(=O)c1c(-c2cnc(N3CCCC3)s2)oc2cc(N(C)S(C)(=O)=O)c(-c3ccc4c(n3)-c3cc5c(F)cccc5n3CC4)cc12. The van der Waals surface area contributed by atoms with E-state index in [0.29, 0.717) is 68.2 Å². The number of thiazole rings is 1. The quantitative estimate of drug-likeness (QED) is 0.222. The Labute approximate surface area is 274 Å². The van der Waals surface area contributed by atoms with E-state index in [9.17, 15) is 17.6 Å². The smallest absolute Gasteiger partial charge is 0.255 e. The lowest BCUT2D eigenvalue weighted by atomic mass is 9.99. The van der Waals surface area contributed by atoms with Gasteiger partial charge in [0.05, 0.1) is 51.2 Å². The molecule has 1 saturated heterocycles. The molecule has 1 N–H and O–H groups in total. The Morgan fingerprint density at radius 1 is 1.09 bits per heavy atom. The van der Waals surface area contributed by atoms with Crippen LogP contribution in [0, 0.1) is 5.82 Å². The number of hydrogen-bond acceptors (Lipinski definition) is 8. The van der Waals surface area contributed by atoms with Crippen molar-refractivity contribution in [1.82, 2.24) is 19.9 Å². The van der Waals surface area contributed by atoms with Crippen molar-refractivity contribution >= 4 is 60.0 Å². The summed E-state index contributed by atoms with van der Waals surface area (Å²) in [4.78, 5) is 26.1. The highest BCUT2D eigenvalue weighted by Crippen LogP contribution is 2.44. The van der Waals surface area contributed by atoms with Gasteiger partial charge in [0.25, 0.3) is 5.91 Å². The molecule has 0 radical (unpaired) electrons. The molecule has 0 aliphatic carbocycles. The summed E-state index contributed by atoms with van der Waals surface area (Å²) < 4.78 is 50.3. The highest BCUT2D eigenvalue weighted by atomic mass is 32.2. The Bertz CT molecular complexity index is 2350. The van der Waals surface area contributed by atoms with Gasteiger partial charge in [0.2, 0.25) is 10.0 Å². The van der Waals surface area contributed by atoms with E-state index in [1.165, 1.54) is 28.8 Å². The predicted octanol–water partition coefficient (Wildman–Crippen LogP) is 6.29. The Morgan fingerprint density at radius 2 is 1.89 bits per heavy atom. The van der Waals surface area contributed by atoms with E-state index in [4.69, 9.17) is 9.40 Å². The van der Waals surface area contributed by atoms with Crippen molar-refractivity contribution < 1.29 is 22.0 Å². The number of sulfonamides is 1. The molecule has 0 bridgehead atoms. The second-order valence-electron chi connectivity index (χ2n) is 12.0. The van der Waals surface area contributed by atoms with Gasteiger partial charge < -0.3 is 19.2 Å². The highest BCUT2D eigenvalue weighted by Gasteiger charge is 2.29. The van der Waals surface area contributed by atoms with E-state index >= 15 is 0 Å². The van der Waals surface area contributed by atoms with E-state index in [0.717, 1.165) is 54.1 Å². The molecule has 1 amide bonds. The summed E-state index contributed by atoms with van der Waals surface area (Å²) in [5, 5.41) is 4.66. The monoisotopic (exact) mass is 670 g/mol. The van der Waals surface area contributed by atoms with Crippen molar-refractivity contribution in [2.45, 2.75) is 25.8 Å². The molecule has 13 heteroatoms. The number of rotatable bonds is 6. The second kappa shape index (κ2) is 10.9. The average molecular weight is 671 g/mol. The van der Waals surface area contributed by atoms with E-state index in [-0.39, 0.29) is 11.7 Å².